The van der Waals surface area contributed by atoms with Crippen LogP contribution in [0.25, 0.3) is 0 Å². The number of hydrogen-bond acceptors (Lipinski definition) is 3. The predicted molar refractivity (Wildman–Crippen MR) is 84.2 cm³/mol. The Morgan fingerprint density at radius 1 is 1.45 bits per heavy atom. The summed E-state index contributed by atoms with van der Waals surface area (Å²) in [6.45, 7) is 3.03. The van der Waals surface area contributed by atoms with Gasteiger partial charge in [-0.1, -0.05) is 22.0 Å². The number of ether oxygens (including phenoxy) is 1. The van der Waals surface area contributed by atoms with Crippen LogP contribution in [0, 0.1) is 12.8 Å². The van der Waals surface area contributed by atoms with E-state index in [1.165, 1.54) is 30.4 Å². The van der Waals surface area contributed by atoms with Crippen LogP contribution in [0.5, 0.6) is 0 Å². The molecule has 1 aliphatic carbocycles. The van der Waals surface area contributed by atoms with Gasteiger partial charge in [-0.3, -0.25) is 11.3 Å². The van der Waals surface area contributed by atoms with Gasteiger partial charge in [0.05, 0.1) is 5.60 Å². The van der Waals surface area contributed by atoms with Crippen LogP contribution in [0.4, 0.5) is 0 Å². The van der Waals surface area contributed by atoms with Crippen LogP contribution in [0.2, 0.25) is 0 Å². The van der Waals surface area contributed by atoms with Gasteiger partial charge < -0.3 is 4.74 Å². The average molecular weight is 339 g/mol. The van der Waals surface area contributed by atoms with Gasteiger partial charge in [-0.2, -0.15) is 0 Å². The van der Waals surface area contributed by atoms with Crippen molar-refractivity contribution >= 4 is 15.9 Å². The molecular weight excluding hydrogens is 316 g/mol. The number of rotatable bonds is 3. The quantitative estimate of drug-likeness (QED) is 0.653. The van der Waals surface area contributed by atoms with Crippen molar-refractivity contribution in [1.29, 1.82) is 0 Å². The number of halogens is 1. The second-order valence-corrected chi connectivity index (χ2v) is 7.20. The van der Waals surface area contributed by atoms with Crippen LogP contribution in [-0.2, 0) is 4.74 Å². The lowest BCUT2D eigenvalue weighted by Crippen LogP contribution is -2.48. The molecule has 3 N–H and O–H groups in total. The Hall–Kier alpha value is -0.420. The number of benzene rings is 1. The maximum absolute atomic E-state index is 6.04. The molecule has 20 heavy (non-hydrogen) atoms. The molecule has 3 nitrogen and oxygen atoms in total. The Labute approximate surface area is 129 Å². The van der Waals surface area contributed by atoms with Crippen molar-refractivity contribution in [2.24, 2.45) is 11.8 Å². The maximum Gasteiger partial charge on any atom is 0.0686 e. The smallest absolute Gasteiger partial charge is 0.0686 e. The summed E-state index contributed by atoms with van der Waals surface area (Å²) in [6.07, 6.45) is 5.97. The number of aryl methyl sites for hydroxylation is 1. The van der Waals surface area contributed by atoms with Gasteiger partial charge in [-0.05, 0) is 68.2 Å². The molecule has 1 aromatic carbocycles. The van der Waals surface area contributed by atoms with E-state index in [9.17, 15) is 0 Å². The van der Waals surface area contributed by atoms with Crippen molar-refractivity contribution in [3.63, 3.8) is 0 Å². The number of nitrogens with one attached hydrogen (secondary N) is 1. The van der Waals surface area contributed by atoms with Crippen LogP contribution in [0.3, 0.4) is 0 Å². The molecule has 1 saturated heterocycles. The summed E-state index contributed by atoms with van der Waals surface area (Å²) in [4.78, 5) is 0. The normalized spacial score (nSPS) is 26.2. The first-order valence-electron chi connectivity index (χ1n) is 7.50. The zero-order chi connectivity index (χ0) is 14.2. The molecule has 110 valence electrons. The van der Waals surface area contributed by atoms with Gasteiger partial charge in [0.1, 0.15) is 0 Å². The molecule has 0 bridgehead atoms. The summed E-state index contributed by atoms with van der Waals surface area (Å²) in [6, 6.07) is 6.66. The molecule has 1 spiro atoms. The Morgan fingerprint density at radius 3 is 2.90 bits per heavy atom. The summed E-state index contributed by atoms with van der Waals surface area (Å²) < 4.78 is 7.15. The first-order valence-corrected chi connectivity index (χ1v) is 8.29. The van der Waals surface area contributed by atoms with E-state index < -0.39 is 0 Å². The standard InChI is InChI=1S/C16H23BrN2O/c1-11-3-4-13(17)9-14(11)15(19-18)12-5-8-20-16(10-12)6-2-7-16/h3-4,9,12,15,19H,2,5-8,10,18H2,1H3. The Kier molecular flexibility index (Phi) is 4.18. The van der Waals surface area contributed by atoms with Crippen molar-refractivity contribution in [2.45, 2.75) is 50.7 Å². The van der Waals surface area contributed by atoms with Crippen molar-refractivity contribution in [3.05, 3.63) is 33.8 Å². The fourth-order valence-electron chi connectivity index (χ4n) is 3.70. The van der Waals surface area contributed by atoms with Gasteiger partial charge in [0.2, 0.25) is 0 Å². The molecular formula is C16H23BrN2O. The zero-order valence-corrected chi connectivity index (χ0v) is 13.6. The highest BCUT2D eigenvalue weighted by atomic mass is 79.9. The summed E-state index contributed by atoms with van der Waals surface area (Å²) in [5.74, 6) is 6.45. The van der Waals surface area contributed by atoms with E-state index in [-0.39, 0.29) is 11.6 Å². The SMILES string of the molecule is Cc1ccc(Br)cc1C(NN)C1CCOC2(CCC2)C1. The first-order chi connectivity index (χ1) is 9.63. The third-order valence-electron chi connectivity index (χ3n) is 5.02. The molecule has 1 saturated carbocycles. The highest BCUT2D eigenvalue weighted by Gasteiger charge is 2.44. The van der Waals surface area contributed by atoms with Gasteiger partial charge in [0, 0.05) is 17.1 Å². The van der Waals surface area contributed by atoms with Crippen molar-refractivity contribution in [2.75, 3.05) is 6.61 Å². The van der Waals surface area contributed by atoms with Crippen molar-refractivity contribution in [1.82, 2.24) is 5.43 Å². The fraction of sp³-hybridized carbons (Fsp3) is 0.625. The summed E-state index contributed by atoms with van der Waals surface area (Å²) in [5, 5.41) is 0. The molecule has 2 fully saturated rings. The van der Waals surface area contributed by atoms with Crippen LogP contribution >= 0.6 is 15.9 Å². The van der Waals surface area contributed by atoms with Crippen LogP contribution in [0.15, 0.2) is 22.7 Å². The van der Waals surface area contributed by atoms with E-state index in [2.05, 4.69) is 46.5 Å². The van der Waals surface area contributed by atoms with E-state index >= 15 is 0 Å². The van der Waals surface area contributed by atoms with E-state index in [1.54, 1.807) is 0 Å². The molecule has 1 aromatic rings. The second kappa shape index (κ2) is 5.76. The number of hydrazine groups is 1. The molecule has 2 unspecified atom stereocenters. The average Bonchev–Trinajstić information content (AvgIpc) is 2.42. The monoisotopic (exact) mass is 338 g/mol. The van der Waals surface area contributed by atoms with E-state index in [1.807, 2.05) is 0 Å². The molecule has 0 aromatic heterocycles. The third kappa shape index (κ3) is 2.67. The van der Waals surface area contributed by atoms with Crippen LogP contribution in [-0.4, -0.2) is 12.2 Å². The first kappa shape index (κ1) is 14.5. The second-order valence-electron chi connectivity index (χ2n) is 6.28. The minimum absolute atomic E-state index is 0.165. The number of hydrogen-bond donors (Lipinski definition) is 2. The summed E-state index contributed by atoms with van der Waals surface area (Å²) >= 11 is 3.57. The van der Waals surface area contributed by atoms with Gasteiger partial charge in [0.25, 0.3) is 0 Å². The molecule has 1 heterocycles. The molecule has 3 rings (SSSR count). The van der Waals surface area contributed by atoms with E-state index in [0.29, 0.717) is 5.92 Å². The van der Waals surface area contributed by atoms with E-state index in [0.717, 1.165) is 23.9 Å². The van der Waals surface area contributed by atoms with Gasteiger partial charge in [0.15, 0.2) is 0 Å². The van der Waals surface area contributed by atoms with Crippen LogP contribution < -0.4 is 11.3 Å². The van der Waals surface area contributed by atoms with Gasteiger partial charge >= 0.3 is 0 Å². The predicted octanol–water partition coefficient (Wildman–Crippen LogP) is 3.61. The molecule has 0 amide bonds. The lowest BCUT2D eigenvalue weighted by atomic mass is 9.69. The van der Waals surface area contributed by atoms with Crippen molar-refractivity contribution < 1.29 is 4.74 Å². The molecule has 4 heteroatoms. The summed E-state index contributed by atoms with van der Waals surface area (Å²) in [7, 11) is 0. The number of nitrogens with two attached hydrogens (primary N) is 1. The minimum atomic E-state index is 0.165. The minimum Gasteiger partial charge on any atom is -0.375 e. The highest BCUT2D eigenvalue weighted by Crippen LogP contribution is 2.47. The molecule has 1 aliphatic heterocycles. The molecule has 2 atom stereocenters. The maximum atomic E-state index is 6.04. The topological polar surface area (TPSA) is 47.3 Å². The lowest BCUT2D eigenvalue weighted by Gasteiger charge is -2.48. The largest absolute Gasteiger partial charge is 0.375 e. The van der Waals surface area contributed by atoms with Crippen molar-refractivity contribution in [3.8, 4) is 0 Å². The zero-order valence-electron chi connectivity index (χ0n) is 12.0. The summed E-state index contributed by atoms with van der Waals surface area (Å²) in [5.41, 5.74) is 5.84. The lowest BCUT2D eigenvalue weighted by molar-refractivity contribution is -0.147. The Bertz CT molecular complexity index is 487. The van der Waals surface area contributed by atoms with E-state index in [4.69, 9.17) is 10.6 Å². The fourth-order valence-corrected chi connectivity index (χ4v) is 4.07. The van der Waals surface area contributed by atoms with Gasteiger partial charge in [-0.15, -0.1) is 0 Å². The Morgan fingerprint density at radius 2 is 2.25 bits per heavy atom. The van der Waals surface area contributed by atoms with Crippen LogP contribution in [0.1, 0.15) is 49.3 Å². The Balaban J connectivity index is 1.83. The molecule has 0 radical (unpaired) electrons. The molecule has 2 aliphatic rings. The van der Waals surface area contributed by atoms with Gasteiger partial charge in [-0.25, -0.2) is 0 Å². The highest BCUT2D eigenvalue weighted by molar-refractivity contribution is 9.10. The third-order valence-corrected chi connectivity index (χ3v) is 5.52.